The van der Waals surface area contributed by atoms with E-state index < -0.39 is 6.04 Å². The fourth-order valence-electron chi connectivity index (χ4n) is 3.30. The van der Waals surface area contributed by atoms with Gasteiger partial charge in [0.1, 0.15) is 17.2 Å². The van der Waals surface area contributed by atoms with Crippen LogP contribution in [-0.4, -0.2) is 45.6 Å². The van der Waals surface area contributed by atoms with Crippen LogP contribution >= 0.6 is 0 Å². The average molecular weight is 456 g/mol. The summed E-state index contributed by atoms with van der Waals surface area (Å²) in [7, 11) is 4.57. The van der Waals surface area contributed by atoms with Crippen molar-refractivity contribution < 1.29 is 23.8 Å². The van der Waals surface area contributed by atoms with Crippen LogP contribution in [0.1, 0.15) is 42.1 Å². The fourth-order valence-corrected chi connectivity index (χ4v) is 3.30. The normalized spacial score (nSPS) is 12.1. The number of anilines is 1. The Balaban J connectivity index is 2.27. The largest absolute Gasteiger partial charge is 0.497 e. The number of benzene rings is 2. The van der Waals surface area contributed by atoms with E-state index in [1.807, 2.05) is 0 Å². The molecule has 1 unspecified atom stereocenters. The molecule has 1 amide bonds. The number of methoxy groups -OCH3 is 3. The number of amides is 1. The van der Waals surface area contributed by atoms with Crippen molar-refractivity contribution in [3.05, 3.63) is 53.1 Å². The van der Waals surface area contributed by atoms with E-state index in [1.165, 1.54) is 21.3 Å². The highest BCUT2D eigenvalue weighted by Crippen LogP contribution is 2.29. The molecule has 2 aromatic carbocycles. The van der Waals surface area contributed by atoms with E-state index in [2.05, 4.69) is 5.32 Å². The Kier molecular flexibility index (Phi) is 9.90. The molecule has 178 valence electrons. The molecule has 1 atom stereocenters. The summed E-state index contributed by atoms with van der Waals surface area (Å²) >= 11 is 0. The highest BCUT2D eigenvalue weighted by molar-refractivity contribution is 6.12. The lowest BCUT2D eigenvalue weighted by Crippen LogP contribution is -2.35. The molecule has 0 aliphatic heterocycles. The van der Waals surface area contributed by atoms with Crippen LogP contribution in [0.15, 0.2) is 42.0 Å². The minimum Gasteiger partial charge on any atom is -0.497 e. The molecule has 0 aliphatic carbocycles. The first-order chi connectivity index (χ1) is 15.8. The Bertz CT molecular complexity index is 1000. The third-order valence-corrected chi connectivity index (χ3v) is 5.18. The van der Waals surface area contributed by atoms with Gasteiger partial charge in [-0.05, 0) is 73.9 Å². The van der Waals surface area contributed by atoms with Crippen molar-refractivity contribution in [2.24, 2.45) is 11.5 Å². The van der Waals surface area contributed by atoms with E-state index in [-0.39, 0.29) is 11.7 Å². The third-order valence-electron chi connectivity index (χ3n) is 5.18. The Labute approximate surface area is 194 Å². The lowest BCUT2D eigenvalue weighted by Gasteiger charge is -2.15. The van der Waals surface area contributed by atoms with Gasteiger partial charge in [-0.25, -0.2) is 0 Å². The molecule has 8 heteroatoms. The molecule has 5 N–H and O–H groups in total. The van der Waals surface area contributed by atoms with Gasteiger partial charge in [0.2, 0.25) is 5.91 Å². The first-order valence-electron chi connectivity index (χ1n) is 10.7. The van der Waals surface area contributed by atoms with Gasteiger partial charge < -0.3 is 31.0 Å². The summed E-state index contributed by atoms with van der Waals surface area (Å²) < 4.78 is 15.9. The van der Waals surface area contributed by atoms with Crippen LogP contribution in [0, 0.1) is 0 Å². The molecule has 2 aromatic rings. The second kappa shape index (κ2) is 12.6. The molecule has 8 nitrogen and oxygen atoms in total. The van der Waals surface area contributed by atoms with E-state index in [1.54, 1.807) is 49.4 Å². The number of carbonyl (C=O) groups is 2. The molecule has 0 saturated carbocycles. The molecule has 33 heavy (non-hydrogen) atoms. The summed E-state index contributed by atoms with van der Waals surface area (Å²) in [5.74, 6) is 1.01. The van der Waals surface area contributed by atoms with Crippen molar-refractivity contribution in [3.8, 4) is 17.2 Å². The van der Waals surface area contributed by atoms with Gasteiger partial charge in [-0.2, -0.15) is 0 Å². The third kappa shape index (κ3) is 7.06. The van der Waals surface area contributed by atoms with Gasteiger partial charge >= 0.3 is 0 Å². The van der Waals surface area contributed by atoms with Crippen LogP contribution < -0.4 is 31.0 Å². The van der Waals surface area contributed by atoms with Gasteiger partial charge in [0.05, 0.1) is 38.6 Å². The van der Waals surface area contributed by atoms with Crippen LogP contribution in [0.3, 0.4) is 0 Å². The lowest BCUT2D eigenvalue weighted by molar-refractivity contribution is -0.117. The summed E-state index contributed by atoms with van der Waals surface area (Å²) in [6, 6.07) is 9.68. The molecule has 0 radical (unpaired) electrons. The van der Waals surface area contributed by atoms with Crippen molar-refractivity contribution in [3.63, 3.8) is 0 Å². The maximum atomic E-state index is 13.1. The van der Waals surface area contributed by atoms with E-state index in [9.17, 15) is 9.59 Å². The zero-order chi connectivity index (χ0) is 24.4. The van der Waals surface area contributed by atoms with E-state index in [4.69, 9.17) is 25.7 Å². The Morgan fingerprint density at radius 3 is 2.33 bits per heavy atom. The highest BCUT2D eigenvalue weighted by Gasteiger charge is 2.17. The molecule has 0 spiro atoms. The minimum absolute atomic E-state index is 0.200. The lowest BCUT2D eigenvalue weighted by atomic mass is 10.0. The van der Waals surface area contributed by atoms with Gasteiger partial charge in [-0.3, -0.25) is 9.59 Å². The van der Waals surface area contributed by atoms with Crippen molar-refractivity contribution >= 4 is 23.5 Å². The maximum Gasteiger partial charge on any atom is 0.241 e. The van der Waals surface area contributed by atoms with Crippen LogP contribution in [-0.2, 0) is 4.79 Å². The summed E-state index contributed by atoms with van der Waals surface area (Å²) in [5.41, 5.74) is 13.6. The number of unbranched alkanes of at least 4 members (excludes halogenated alkanes) is 1. The van der Waals surface area contributed by atoms with E-state index in [0.717, 1.165) is 18.4 Å². The molecule has 0 fully saturated rings. The Morgan fingerprint density at radius 2 is 1.70 bits per heavy atom. The van der Waals surface area contributed by atoms with Crippen LogP contribution in [0.25, 0.3) is 6.08 Å². The van der Waals surface area contributed by atoms with Crippen molar-refractivity contribution in [2.75, 3.05) is 33.2 Å². The number of ketones is 1. The fraction of sp³-hybridized carbons (Fsp3) is 0.360. The second-order valence-corrected chi connectivity index (χ2v) is 7.56. The van der Waals surface area contributed by atoms with Crippen molar-refractivity contribution in [1.82, 2.24) is 0 Å². The molecular formula is C25H33N3O5. The Morgan fingerprint density at radius 1 is 1.00 bits per heavy atom. The zero-order valence-corrected chi connectivity index (χ0v) is 19.6. The topological polar surface area (TPSA) is 126 Å². The summed E-state index contributed by atoms with van der Waals surface area (Å²) in [4.78, 5) is 25.6. The molecule has 0 bridgehead atoms. The number of allylic oxidation sites excluding steroid dienone is 1. The van der Waals surface area contributed by atoms with Gasteiger partial charge in [-0.1, -0.05) is 12.5 Å². The van der Waals surface area contributed by atoms with Crippen molar-refractivity contribution in [1.29, 1.82) is 0 Å². The number of Topliss-reactive ketones (excluding diaryl/α,β-unsaturated/α-hetero) is 1. The predicted octanol–water partition coefficient (Wildman–Crippen LogP) is 3.39. The zero-order valence-electron chi connectivity index (χ0n) is 19.6. The molecule has 0 aromatic heterocycles. The average Bonchev–Trinajstić information content (AvgIpc) is 2.83. The van der Waals surface area contributed by atoms with Gasteiger partial charge in [-0.15, -0.1) is 0 Å². The quantitative estimate of drug-likeness (QED) is 0.254. The summed E-state index contributed by atoms with van der Waals surface area (Å²) in [6.07, 6.45) is 3.87. The van der Waals surface area contributed by atoms with Crippen LogP contribution in [0.5, 0.6) is 17.2 Å². The summed E-state index contributed by atoms with van der Waals surface area (Å²) in [5, 5.41) is 2.83. The van der Waals surface area contributed by atoms with Crippen LogP contribution in [0.2, 0.25) is 0 Å². The maximum absolute atomic E-state index is 13.1. The van der Waals surface area contributed by atoms with Gasteiger partial charge in [0.15, 0.2) is 5.78 Å². The van der Waals surface area contributed by atoms with Gasteiger partial charge in [0.25, 0.3) is 0 Å². The Hall–Kier alpha value is -3.36. The van der Waals surface area contributed by atoms with Gasteiger partial charge in [0, 0.05) is 0 Å². The molecule has 0 heterocycles. The summed E-state index contributed by atoms with van der Waals surface area (Å²) in [6.45, 7) is 2.29. The molecule has 0 aliphatic rings. The number of nitrogens with one attached hydrogen (secondary N) is 1. The smallest absolute Gasteiger partial charge is 0.241 e. The minimum atomic E-state index is -0.649. The van der Waals surface area contributed by atoms with E-state index >= 15 is 0 Å². The van der Waals surface area contributed by atoms with E-state index in [0.29, 0.717) is 47.0 Å². The molecular weight excluding hydrogens is 422 g/mol. The predicted molar refractivity (Wildman–Crippen MR) is 130 cm³/mol. The molecule has 0 saturated heterocycles. The standard InChI is InChI=1S/C25H33N3O5/c1-16(24(29)19-15-18(31-2)9-11-22(19)32-3)13-17-8-10-23(33-4)21(14-17)28-25(30)20(27)7-5-6-12-26/h8-11,13-15,20H,5-7,12,26-27H2,1-4H3,(H,28,30)/b16-13+. The monoisotopic (exact) mass is 455 g/mol. The second-order valence-electron chi connectivity index (χ2n) is 7.56. The number of hydrogen-bond acceptors (Lipinski definition) is 7. The number of hydrogen-bond donors (Lipinski definition) is 3. The first-order valence-corrected chi connectivity index (χ1v) is 10.7. The highest BCUT2D eigenvalue weighted by atomic mass is 16.5. The van der Waals surface area contributed by atoms with Crippen molar-refractivity contribution in [2.45, 2.75) is 32.2 Å². The molecule has 2 rings (SSSR count). The van der Waals surface area contributed by atoms with Crippen LogP contribution in [0.4, 0.5) is 5.69 Å². The number of carbonyl (C=O) groups excluding carboxylic acids is 2. The number of rotatable bonds is 12. The number of nitrogens with two attached hydrogens (primary N) is 2. The first kappa shape index (κ1) is 25.9. The SMILES string of the molecule is COc1ccc(OC)c(C(=O)/C(C)=C/c2ccc(OC)c(NC(=O)C(N)CCCCN)c2)c1. The number of ether oxygens (including phenoxy) is 3.